The molecule has 1 aliphatic heterocycles. The summed E-state index contributed by atoms with van der Waals surface area (Å²) in [4.78, 5) is 2.43. The van der Waals surface area contributed by atoms with Gasteiger partial charge in [-0.25, -0.2) is 0 Å². The Kier molecular flexibility index (Phi) is 2.37. The van der Waals surface area contributed by atoms with Gasteiger partial charge in [0.1, 0.15) is 0 Å². The van der Waals surface area contributed by atoms with Crippen LogP contribution in [0.4, 0.5) is 0 Å². The van der Waals surface area contributed by atoms with Crippen molar-refractivity contribution in [2.24, 2.45) is 5.92 Å². The summed E-state index contributed by atoms with van der Waals surface area (Å²) in [6, 6.07) is 1.62. The Morgan fingerprint density at radius 2 is 2.00 bits per heavy atom. The van der Waals surface area contributed by atoms with Crippen LogP contribution in [0.3, 0.4) is 0 Å². The zero-order chi connectivity index (χ0) is 8.55. The zero-order valence-corrected chi connectivity index (χ0v) is 8.21. The van der Waals surface area contributed by atoms with Crippen LogP contribution in [0.25, 0.3) is 0 Å². The first-order chi connectivity index (χ1) is 5.75. The van der Waals surface area contributed by atoms with Gasteiger partial charge < -0.3 is 10.2 Å². The van der Waals surface area contributed by atoms with Gasteiger partial charge in [-0.15, -0.1) is 0 Å². The summed E-state index contributed by atoms with van der Waals surface area (Å²) < 4.78 is 0. The third-order valence-corrected chi connectivity index (χ3v) is 3.35. The minimum atomic E-state index is 0.764. The third-order valence-electron chi connectivity index (χ3n) is 3.35. The Bertz CT molecular complexity index is 154. The minimum Gasteiger partial charge on any atom is -0.310 e. The van der Waals surface area contributed by atoms with E-state index in [4.69, 9.17) is 0 Å². The fraction of sp³-hybridized carbons (Fsp3) is 1.00. The van der Waals surface area contributed by atoms with E-state index in [1.165, 1.54) is 32.4 Å². The molecule has 2 fully saturated rings. The minimum absolute atomic E-state index is 0.764. The molecule has 2 heteroatoms. The molecule has 0 bridgehead atoms. The van der Waals surface area contributed by atoms with E-state index in [0.29, 0.717) is 0 Å². The quantitative estimate of drug-likeness (QED) is 0.663. The number of nitrogens with one attached hydrogen (secondary N) is 1. The molecule has 1 saturated heterocycles. The lowest BCUT2D eigenvalue weighted by atomic mass is 9.91. The maximum absolute atomic E-state index is 3.75. The summed E-state index contributed by atoms with van der Waals surface area (Å²) >= 11 is 0. The Morgan fingerprint density at radius 3 is 2.42 bits per heavy atom. The molecule has 0 amide bonds. The topological polar surface area (TPSA) is 15.3 Å². The van der Waals surface area contributed by atoms with Crippen LogP contribution in [0.1, 0.15) is 26.2 Å². The molecule has 1 heterocycles. The van der Waals surface area contributed by atoms with Crippen molar-refractivity contribution in [2.75, 3.05) is 20.1 Å². The van der Waals surface area contributed by atoms with E-state index >= 15 is 0 Å². The van der Waals surface area contributed by atoms with Crippen molar-refractivity contribution in [2.45, 2.75) is 38.3 Å². The molecular weight excluding hydrogens is 148 g/mol. The maximum Gasteiger partial charge on any atom is 0.0235 e. The van der Waals surface area contributed by atoms with Gasteiger partial charge in [-0.1, -0.05) is 13.3 Å². The number of likely N-dealkylation sites (N-methyl/N-ethyl adjacent to an activating group) is 1. The third kappa shape index (κ3) is 1.64. The van der Waals surface area contributed by atoms with Gasteiger partial charge in [0.2, 0.25) is 0 Å². The number of nitrogens with zero attached hydrogens (tertiary/aromatic N) is 1. The van der Waals surface area contributed by atoms with E-state index < -0.39 is 0 Å². The van der Waals surface area contributed by atoms with Gasteiger partial charge in [-0.2, -0.15) is 0 Å². The summed E-state index contributed by atoms with van der Waals surface area (Å²) in [6.45, 7) is 4.88. The van der Waals surface area contributed by atoms with E-state index in [2.05, 4.69) is 24.2 Å². The summed E-state index contributed by atoms with van der Waals surface area (Å²) in [5.41, 5.74) is 0. The molecule has 1 saturated carbocycles. The summed E-state index contributed by atoms with van der Waals surface area (Å²) in [7, 11) is 2.22. The lowest BCUT2D eigenvalue weighted by Gasteiger charge is -2.31. The molecule has 2 nitrogen and oxygen atoms in total. The molecule has 0 aromatic rings. The molecule has 1 N–H and O–H groups in total. The SMILES string of the molecule is CC1CN(C)CC1NC1CCC1. The molecule has 70 valence electrons. The van der Waals surface area contributed by atoms with Crippen LogP contribution in [-0.4, -0.2) is 37.1 Å². The lowest BCUT2D eigenvalue weighted by Crippen LogP contribution is -2.45. The highest BCUT2D eigenvalue weighted by molar-refractivity contribution is 4.89. The lowest BCUT2D eigenvalue weighted by molar-refractivity contribution is 0.285. The zero-order valence-electron chi connectivity index (χ0n) is 8.21. The molecule has 12 heavy (non-hydrogen) atoms. The molecular formula is C10H20N2. The first kappa shape index (κ1) is 8.52. The average Bonchev–Trinajstić information content (AvgIpc) is 2.21. The molecule has 1 aliphatic carbocycles. The average molecular weight is 168 g/mol. The second-order valence-corrected chi connectivity index (χ2v) is 4.60. The Hall–Kier alpha value is -0.0800. The van der Waals surface area contributed by atoms with Gasteiger partial charge in [0.25, 0.3) is 0 Å². The van der Waals surface area contributed by atoms with Gasteiger partial charge in [0, 0.05) is 25.2 Å². The van der Waals surface area contributed by atoms with Gasteiger partial charge in [-0.3, -0.25) is 0 Å². The molecule has 2 aliphatic rings. The predicted octanol–water partition coefficient (Wildman–Crippen LogP) is 1.08. The fourth-order valence-corrected chi connectivity index (χ4v) is 2.30. The van der Waals surface area contributed by atoms with Crippen LogP contribution in [-0.2, 0) is 0 Å². The van der Waals surface area contributed by atoms with Crippen molar-refractivity contribution in [3.05, 3.63) is 0 Å². The van der Waals surface area contributed by atoms with E-state index in [0.717, 1.165) is 18.0 Å². The van der Waals surface area contributed by atoms with Crippen LogP contribution in [0.2, 0.25) is 0 Å². The molecule has 0 radical (unpaired) electrons. The van der Waals surface area contributed by atoms with Crippen molar-refractivity contribution in [1.82, 2.24) is 10.2 Å². The van der Waals surface area contributed by atoms with Gasteiger partial charge in [-0.05, 0) is 25.8 Å². The van der Waals surface area contributed by atoms with Crippen molar-refractivity contribution >= 4 is 0 Å². The first-order valence-corrected chi connectivity index (χ1v) is 5.20. The highest BCUT2D eigenvalue weighted by atomic mass is 15.2. The fourth-order valence-electron chi connectivity index (χ4n) is 2.30. The van der Waals surface area contributed by atoms with E-state index in [-0.39, 0.29) is 0 Å². The molecule has 2 rings (SSSR count). The van der Waals surface area contributed by atoms with Crippen LogP contribution in [0.15, 0.2) is 0 Å². The standard InChI is InChI=1S/C10H20N2/c1-8-6-12(2)7-10(8)11-9-4-3-5-9/h8-11H,3-7H2,1-2H3. The van der Waals surface area contributed by atoms with Crippen molar-refractivity contribution in [3.63, 3.8) is 0 Å². The smallest absolute Gasteiger partial charge is 0.0235 e. The molecule has 2 unspecified atom stereocenters. The van der Waals surface area contributed by atoms with Crippen LogP contribution in [0.5, 0.6) is 0 Å². The second-order valence-electron chi connectivity index (χ2n) is 4.60. The van der Waals surface area contributed by atoms with Crippen LogP contribution >= 0.6 is 0 Å². The highest BCUT2D eigenvalue weighted by Crippen LogP contribution is 2.22. The summed E-state index contributed by atoms with van der Waals surface area (Å²) in [5, 5.41) is 3.75. The largest absolute Gasteiger partial charge is 0.310 e. The Balaban J connectivity index is 1.79. The first-order valence-electron chi connectivity index (χ1n) is 5.20. The molecule has 0 aromatic carbocycles. The van der Waals surface area contributed by atoms with Gasteiger partial charge >= 0.3 is 0 Å². The van der Waals surface area contributed by atoms with Gasteiger partial charge in [0.05, 0.1) is 0 Å². The summed E-state index contributed by atoms with van der Waals surface area (Å²) in [5.74, 6) is 0.843. The van der Waals surface area contributed by atoms with Crippen LogP contribution < -0.4 is 5.32 Å². The van der Waals surface area contributed by atoms with E-state index in [1.54, 1.807) is 0 Å². The van der Waals surface area contributed by atoms with Crippen LogP contribution in [0, 0.1) is 5.92 Å². The number of hydrogen-bond donors (Lipinski definition) is 1. The van der Waals surface area contributed by atoms with E-state index in [1.807, 2.05) is 0 Å². The Labute approximate surface area is 75.3 Å². The van der Waals surface area contributed by atoms with Crippen molar-refractivity contribution < 1.29 is 0 Å². The number of hydrogen-bond acceptors (Lipinski definition) is 2. The van der Waals surface area contributed by atoms with Crippen molar-refractivity contribution in [1.29, 1.82) is 0 Å². The maximum atomic E-state index is 3.75. The number of likely N-dealkylation sites (tertiary alicyclic amines) is 1. The molecule has 0 aromatic heterocycles. The number of rotatable bonds is 2. The second kappa shape index (κ2) is 3.35. The van der Waals surface area contributed by atoms with E-state index in [9.17, 15) is 0 Å². The Morgan fingerprint density at radius 1 is 1.25 bits per heavy atom. The normalized spacial score (nSPS) is 38.5. The predicted molar refractivity (Wildman–Crippen MR) is 51.2 cm³/mol. The molecule has 0 spiro atoms. The molecule has 2 atom stereocenters. The highest BCUT2D eigenvalue weighted by Gasteiger charge is 2.30. The van der Waals surface area contributed by atoms with Gasteiger partial charge in [0.15, 0.2) is 0 Å². The van der Waals surface area contributed by atoms with Crippen molar-refractivity contribution in [3.8, 4) is 0 Å². The monoisotopic (exact) mass is 168 g/mol. The summed E-state index contributed by atoms with van der Waals surface area (Å²) in [6.07, 6.45) is 4.26.